The Morgan fingerprint density at radius 2 is 2.12 bits per heavy atom. The van der Waals surface area contributed by atoms with Crippen molar-refractivity contribution < 1.29 is 4.74 Å². The second-order valence-corrected chi connectivity index (χ2v) is 2.34. The van der Waals surface area contributed by atoms with Gasteiger partial charge in [-0.25, -0.2) is 0 Å². The van der Waals surface area contributed by atoms with Crippen LogP contribution in [0.15, 0.2) is 0 Å². The van der Waals surface area contributed by atoms with E-state index in [-0.39, 0.29) is 12.5 Å². The molecular formula is C5H12N2O. The predicted molar refractivity (Wildman–Crippen MR) is 31.1 cm³/mol. The summed E-state index contributed by atoms with van der Waals surface area (Å²) in [6, 6.07) is 0.466. The molecule has 0 spiro atoms. The molecule has 0 saturated carbocycles. The largest absolute Gasteiger partial charge is 0.337 e. The van der Waals surface area contributed by atoms with Gasteiger partial charge in [-0.2, -0.15) is 0 Å². The fourth-order valence-electron chi connectivity index (χ4n) is 0.587. The quantitative estimate of drug-likeness (QED) is 0.484. The first-order chi connectivity index (χ1) is 3.70. The summed E-state index contributed by atoms with van der Waals surface area (Å²) in [6.07, 6.45) is 0.0624. The molecule has 3 nitrogen and oxygen atoms in total. The number of hydrogen-bond donors (Lipinski definition) is 2. The first kappa shape index (κ1) is 6.01. The smallest absolute Gasteiger partial charge is 0.150 e. The minimum atomic E-state index is -0.0580. The monoisotopic (exact) mass is 116 g/mol. The summed E-state index contributed by atoms with van der Waals surface area (Å²) >= 11 is 0. The van der Waals surface area contributed by atoms with Crippen LogP contribution < -0.4 is 11.1 Å². The van der Waals surface area contributed by atoms with Gasteiger partial charge in [0.1, 0.15) is 12.5 Å². The number of rotatable bonds is 2. The van der Waals surface area contributed by atoms with Crippen molar-refractivity contribution in [3.05, 3.63) is 0 Å². The van der Waals surface area contributed by atoms with E-state index in [2.05, 4.69) is 19.2 Å². The molecule has 0 amide bonds. The van der Waals surface area contributed by atoms with Gasteiger partial charge in [0.05, 0.1) is 0 Å². The highest BCUT2D eigenvalue weighted by Crippen LogP contribution is 2.12. The summed E-state index contributed by atoms with van der Waals surface area (Å²) in [5, 5.41) is 3.12. The number of nitrogens with one attached hydrogen (secondary N) is 1. The molecule has 2 unspecified atom stereocenters. The van der Waals surface area contributed by atoms with E-state index in [1.54, 1.807) is 0 Å². The molecule has 1 aliphatic heterocycles. The molecule has 1 aliphatic rings. The lowest BCUT2D eigenvalue weighted by atomic mass is 10.4. The average Bonchev–Trinajstić information content (AvgIpc) is 2.17. The van der Waals surface area contributed by atoms with Crippen LogP contribution in [0, 0.1) is 0 Å². The number of ether oxygens (including phenoxy) is 1. The van der Waals surface area contributed by atoms with Gasteiger partial charge in [0.2, 0.25) is 0 Å². The van der Waals surface area contributed by atoms with E-state index in [0.717, 1.165) is 0 Å². The van der Waals surface area contributed by atoms with Gasteiger partial charge in [-0.05, 0) is 13.8 Å². The van der Waals surface area contributed by atoms with Crippen molar-refractivity contribution in [3.8, 4) is 0 Å². The molecule has 0 aromatic heterocycles. The van der Waals surface area contributed by atoms with Crippen LogP contribution in [0.1, 0.15) is 13.8 Å². The molecule has 1 heterocycles. The first-order valence-corrected chi connectivity index (χ1v) is 2.87. The Kier molecular flexibility index (Phi) is 1.51. The zero-order valence-corrected chi connectivity index (χ0v) is 5.22. The predicted octanol–water partition coefficient (Wildman–Crippen LogP) is -0.375. The Morgan fingerprint density at radius 3 is 2.25 bits per heavy atom. The molecule has 1 rings (SSSR count). The van der Waals surface area contributed by atoms with Crippen molar-refractivity contribution in [3.63, 3.8) is 0 Å². The molecule has 1 fully saturated rings. The lowest BCUT2D eigenvalue weighted by Gasteiger charge is -2.01. The summed E-state index contributed by atoms with van der Waals surface area (Å²) in [6.45, 7) is 4.13. The third-order valence-electron chi connectivity index (χ3n) is 1.02. The Hall–Kier alpha value is -0.120. The summed E-state index contributed by atoms with van der Waals surface area (Å²) in [7, 11) is 0. The van der Waals surface area contributed by atoms with Crippen LogP contribution in [0.5, 0.6) is 0 Å². The molecule has 2 atom stereocenters. The number of epoxide rings is 1. The van der Waals surface area contributed by atoms with E-state index in [9.17, 15) is 0 Å². The zero-order chi connectivity index (χ0) is 6.15. The van der Waals surface area contributed by atoms with Crippen molar-refractivity contribution in [2.24, 2.45) is 5.73 Å². The van der Waals surface area contributed by atoms with Crippen molar-refractivity contribution in [1.82, 2.24) is 5.32 Å². The summed E-state index contributed by atoms with van der Waals surface area (Å²) in [4.78, 5) is 0. The zero-order valence-electron chi connectivity index (χ0n) is 5.22. The maximum atomic E-state index is 5.33. The molecule has 0 aliphatic carbocycles. The van der Waals surface area contributed by atoms with Crippen LogP contribution in [0.3, 0.4) is 0 Å². The Morgan fingerprint density at radius 1 is 1.62 bits per heavy atom. The molecule has 3 heteroatoms. The highest BCUT2D eigenvalue weighted by atomic mass is 16.6. The SMILES string of the molecule is CC(C)NC1OC1N. The van der Waals surface area contributed by atoms with Gasteiger partial charge in [0.25, 0.3) is 0 Å². The summed E-state index contributed by atoms with van der Waals surface area (Å²) < 4.78 is 4.89. The molecule has 0 radical (unpaired) electrons. The van der Waals surface area contributed by atoms with Crippen molar-refractivity contribution >= 4 is 0 Å². The Labute approximate surface area is 49.2 Å². The molecular weight excluding hydrogens is 104 g/mol. The van der Waals surface area contributed by atoms with Gasteiger partial charge in [0, 0.05) is 6.04 Å². The summed E-state index contributed by atoms with van der Waals surface area (Å²) in [5.41, 5.74) is 5.33. The maximum Gasteiger partial charge on any atom is 0.150 e. The van der Waals surface area contributed by atoms with Gasteiger partial charge < -0.3 is 10.5 Å². The van der Waals surface area contributed by atoms with Gasteiger partial charge in [-0.15, -0.1) is 0 Å². The van der Waals surface area contributed by atoms with Crippen molar-refractivity contribution in [2.45, 2.75) is 32.3 Å². The lowest BCUT2D eigenvalue weighted by Crippen LogP contribution is -2.29. The third-order valence-corrected chi connectivity index (χ3v) is 1.02. The normalized spacial score (nSPS) is 36.0. The maximum absolute atomic E-state index is 5.33. The molecule has 0 aromatic carbocycles. The molecule has 8 heavy (non-hydrogen) atoms. The molecule has 0 bridgehead atoms. The van der Waals surface area contributed by atoms with E-state index < -0.39 is 0 Å². The molecule has 48 valence electrons. The average molecular weight is 116 g/mol. The van der Waals surface area contributed by atoms with E-state index in [0.29, 0.717) is 6.04 Å². The highest BCUT2D eigenvalue weighted by Gasteiger charge is 2.34. The molecule has 1 saturated heterocycles. The van der Waals surface area contributed by atoms with Crippen molar-refractivity contribution in [2.75, 3.05) is 0 Å². The van der Waals surface area contributed by atoms with E-state index in [4.69, 9.17) is 10.5 Å². The fourth-order valence-corrected chi connectivity index (χ4v) is 0.587. The first-order valence-electron chi connectivity index (χ1n) is 2.87. The van der Waals surface area contributed by atoms with Crippen LogP contribution in [0.25, 0.3) is 0 Å². The van der Waals surface area contributed by atoms with E-state index in [1.807, 2.05) is 0 Å². The van der Waals surface area contributed by atoms with Gasteiger partial charge in [0.15, 0.2) is 0 Å². The third kappa shape index (κ3) is 1.43. The number of nitrogens with two attached hydrogens (primary N) is 1. The summed E-state index contributed by atoms with van der Waals surface area (Å²) in [5.74, 6) is 0. The van der Waals surface area contributed by atoms with Crippen molar-refractivity contribution in [1.29, 1.82) is 0 Å². The highest BCUT2D eigenvalue weighted by molar-refractivity contribution is 4.77. The van der Waals surface area contributed by atoms with E-state index >= 15 is 0 Å². The minimum Gasteiger partial charge on any atom is -0.337 e. The Balaban J connectivity index is 2.05. The van der Waals surface area contributed by atoms with Crippen LogP contribution in [-0.2, 0) is 4.74 Å². The van der Waals surface area contributed by atoms with Gasteiger partial charge in [-0.3, -0.25) is 5.32 Å². The van der Waals surface area contributed by atoms with E-state index in [1.165, 1.54) is 0 Å². The van der Waals surface area contributed by atoms with Gasteiger partial charge in [-0.1, -0.05) is 0 Å². The van der Waals surface area contributed by atoms with Gasteiger partial charge >= 0.3 is 0 Å². The second-order valence-electron chi connectivity index (χ2n) is 2.34. The van der Waals surface area contributed by atoms with Crippen LogP contribution in [0.4, 0.5) is 0 Å². The second kappa shape index (κ2) is 2.01. The molecule has 0 aromatic rings. The minimum absolute atomic E-state index is 0.0580. The lowest BCUT2D eigenvalue weighted by molar-refractivity contribution is 0.335. The van der Waals surface area contributed by atoms with Crippen LogP contribution in [0.2, 0.25) is 0 Å². The van der Waals surface area contributed by atoms with Crippen LogP contribution in [-0.4, -0.2) is 18.5 Å². The molecule has 3 N–H and O–H groups in total. The number of hydrogen-bond acceptors (Lipinski definition) is 3. The Bertz CT molecular complexity index is 84.5. The fraction of sp³-hybridized carbons (Fsp3) is 1.00. The topological polar surface area (TPSA) is 50.6 Å². The van der Waals surface area contributed by atoms with Crippen LogP contribution >= 0.6 is 0 Å². The standard InChI is InChI=1S/C5H12N2O/c1-3(2)7-5-4(6)8-5/h3-5,7H,6H2,1-2H3.